The van der Waals surface area contributed by atoms with Gasteiger partial charge in [0.2, 0.25) is 0 Å². The van der Waals surface area contributed by atoms with Crippen LogP contribution in [0.5, 0.6) is 17.2 Å². The van der Waals surface area contributed by atoms with Crippen molar-refractivity contribution in [3.8, 4) is 40.5 Å². The highest BCUT2D eigenvalue weighted by Gasteiger charge is 2.22. The number of hydrogen-bond acceptors (Lipinski definition) is 7. The summed E-state index contributed by atoms with van der Waals surface area (Å²) >= 11 is 0. The number of nitrogens with one attached hydrogen (secondary N) is 1. The summed E-state index contributed by atoms with van der Waals surface area (Å²) in [6.45, 7) is 0. The molecule has 0 aliphatic carbocycles. The highest BCUT2D eigenvalue weighted by Crippen LogP contribution is 2.41. The van der Waals surface area contributed by atoms with Gasteiger partial charge in [-0.05, 0) is 6.07 Å². The summed E-state index contributed by atoms with van der Waals surface area (Å²) in [5, 5.41) is 38.0. The number of nitrogens with two attached hydrogens (primary N) is 1. The Hall–Kier alpha value is -3.65. The summed E-state index contributed by atoms with van der Waals surface area (Å²) in [4.78, 5) is 14.0. The lowest BCUT2D eigenvalue weighted by Gasteiger charge is -2.12. The highest BCUT2D eigenvalue weighted by atomic mass is 16.5. The third-order valence-electron chi connectivity index (χ3n) is 3.03. The van der Waals surface area contributed by atoms with Gasteiger partial charge in [0.05, 0.1) is 7.11 Å². The van der Waals surface area contributed by atoms with E-state index in [1.54, 1.807) is 12.1 Å². The van der Waals surface area contributed by atoms with Crippen molar-refractivity contribution in [2.75, 3.05) is 12.8 Å². The second-order valence-corrected chi connectivity index (χ2v) is 4.26. The van der Waals surface area contributed by atoms with Crippen LogP contribution in [-0.2, 0) is 0 Å². The number of anilines is 1. The van der Waals surface area contributed by atoms with Gasteiger partial charge in [0.25, 0.3) is 5.56 Å². The molecule has 0 bridgehead atoms. The molecule has 8 heteroatoms. The van der Waals surface area contributed by atoms with Crippen molar-refractivity contribution in [3.05, 3.63) is 33.6 Å². The van der Waals surface area contributed by atoms with Crippen LogP contribution in [0.1, 0.15) is 11.1 Å². The van der Waals surface area contributed by atoms with Crippen molar-refractivity contribution in [2.24, 2.45) is 0 Å². The Morgan fingerprint density at radius 2 is 1.82 bits per heavy atom. The third-order valence-corrected chi connectivity index (χ3v) is 3.03. The van der Waals surface area contributed by atoms with Crippen LogP contribution < -0.4 is 16.0 Å². The number of methoxy groups -OCH3 is 1. The van der Waals surface area contributed by atoms with Crippen LogP contribution >= 0.6 is 0 Å². The van der Waals surface area contributed by atoms with Gasteiger partial charge in [-0.2, -0.15) is 10.5 Å². The molecule has 0 amide bonds. The molecule has 5 N–H and O–H groups in total. The quantitative estimate of drug-likeness (QED) is 0.638. The van der Waals surface area contributed by atoms with E-state index in [1.165, 1.54) is 13.2 Å². The maximum Gasteiger partial charge on any atom is 0.268 e. The predicted octanol–water partition coefficient (Wildman–Crippen LogP) is 0.787. The Morgan fingerprint density at radius 3 is 2.36 bits per heavy atom. The lowest BCUT2D eigenvalue weighted by molar-refractivity contribution is 0.370. The predicted molar refractivity (Wildman–Crippen MR) is 76.2 cm³/mol. The molecule has 2 rings (SSSR count). The van der Waals surface area contributed by atoms with E-state index in [4.69, 9.17) is 15.7 Å². The van der Waals surface area contributed by atoms with E-state index in [0.717, 1.165) is 6.07 Å². The Balaban J connectivity index is 2.98. The molecule has 110 valence electrons. The maximum atomic E-state index is 11.8. The number of ether oxygens (including phenoxy) is 1. The highest BCUT2D eigenvalue weighted by molar-refractivity contribution is 5.84. The number of benzene rings is 1. The first-order chi connectivity index (χ1) is 10.4. The molecule has 0 atom stereocenters. The van der Waals surface area contributed by atoms with Crippen LogP contribution in [0.2, 0.25) is 0 Å². The number of aromatic nitrogens is 1. The fourth-order valence-electron chi connectivity index (χ4n) is 2.03. The van der Waals surface area contributed by atoms with E-state index >= 15 is 0 Å². The number of phenols is 2. The van der Waals surface area contributed by atoms with E-state index in [1.807, 2.05) is 0 Å². The van der Waals surface area contributed by atoms with E-state index in [2.05, 4.69) is 4.98 Å². The lowest BCUT2D eigenvalue weighted by Crippen LogP contribution is -2.16. The molecule has 0 aliphatic rings. The minimum Gasteiger partial charge on any atom is -0.507 e. The summed E-state index contributed by atoms with van der Waals surface area (Å²) < 4.78 is 4.93. The second kappa shape index (κ2) is 5.38. The average molecular weight is 298 g/mol. The zero-order chi connectivity index (χ0) is 16.4. The molecule has 2 aromatic rings. The van der Waals surface area contributed by atoms with Gasteiger partial charge >= 0.3 is 0 Å². The van der Waals surface area contributed by atoms with Crippen LogP contribution in [0.4, 0.5) is 5.82 Å². The fraction of sp³-hybridized carbons (Fsp3) is 0.0714. The zero-order valence-corrected chi connectivity index (χ0v) is 11.3. The van der Waals surface area contributed by atoms with Gasteiger partial charge in [0.15, 0.2) is 11.5 Å². The van der Waals surface area contributed by atoms with E-state index < -0.39 is 11.3 Å². The number of H-pyrrole nitrogens is 1. The number of hydrogen-bond donors (Lipinski definition) is 4. The van der Waals surface area contributed by atoms with Crippen molar-refractivity contribution < 1.29 is 14.9 Å². The number of rotatable bonds is 2. The van der Waals surface area contributed by atoms with Crippen LogP contribution in [0.3, 0.4) is 0 Å². The minimum atomic E-state index is -0.791. The van der Waals surface area contributed by atoms with Gasteiger partial charge in [-0.25, -0.2) is 0 Å². The monoisotopic (exact) mass is 298 g/mol. The number of nitrogen functional groups attached to an aromatic ring is 1. The molecular weight excluding hydrogens is 288 g/mol. The number of phenolic OH excluding ortho intramolecular Hbond substituents is 2. The molecule has 0 aliphatic heterocycles. The Morgan fingerprint density at radius 1 is 1.18 bits per heavy atom. The molecule has 0 unspecified atom stereocenters. The molecule has 0 spiro atoms. The molecule has 0 saturated heterocycles. The Bertz CT molecular complexity index is 903. The smallest absolute Gasteiger partial charge is 0.268 e. The van der Waals surface area contributed by atoms with Gasteiger partial charge in [0.1, 0.15) is 34.8 Å². The average Bonchev–Trinajstić information content (AvgIpc) is 2.47. The summed E-state index contributed by atoms with van der Waals surface area (Å²) in [6, 6.07) is 5.65. The largest absolute Gasteiger partial charge is 0.507 e. The van der Waals surface area contributed by atoms with Crippen LogP contribution in [-0.4, -0.2) is 22.3 Å². The Labute approximate surface area is 124 Å². The number of pyridine rings is 1. The molecule has 0 saturated carbocycles. The SMILES string of the molecule is COc1cc(-c2c(C#N)c(N)[nH]c(=O)c2C#N)c(O)cc1O. The Kier molecular flexibility index (Phi) is 3.61. The molecular formula is C14H10N4O4. The van der Waals surface area contributed by atoms with Crippen LogP contribution in [0.25, 0.3) is 11.1 Å². The summed E-state index contributed by atoms with van der Waals surface area (Å²) in [5.41, 5.74) is 4.10. The molecule has 0 fully saturated rings. The lowest BCUT2D eigenvalue weighted by atomic mass is 9.95. The molecule has 22 heavy (non-hydrogen) atoms. The van der Waals surface area contributed by atoms with E-state index in [-0.39, 0.29) is 39.6 Å². The van der Waals surface area contributed by atoms with E-state index in [9.17, 15) is 20.3 Å². The van der Waals surface area contributed by atoms with E-state index in [0.29, 0.717) is 0 Å². The van der Waals surface area contributed by atoms with Gasteiger partial charge in [0, 0.05) is 17.2 Å². The zero-order valence-electron chi connectivity index (χ0n) is 11.3. The van der Waals surface area contributed by atoms with Gasteiger partial charge in [-0.3, -0.25) is 4.79 Å². The summed E-state index contributed by atoms with van der Waals surface area (Å²) in [6.07, 6.45) is 0. The number of nitriles is 2. The van der Waals surface area contributed by atoms with Crippen LogP contribution in [0, 0.1) is 22.7 Å². The molecule has 8 nitrogen and oxygen atoms in total. The van der Waals surface area contributed by atoms with Crippen molar-refractivity contribution >= 4 is 5.82 Å². The first-order valence-corrected chi connectivity index (χ1v) is 5.90. The third kappa shape index (κ3) is 2.15. The molecule has 1 heterocycles. The van der Waals surface area contributed by atoms with Gasteiger partial charge in [-0.1, -0.05) is 0 Å². The van der Waals surface area contributed by atoms with Gasteiger partial charge in [-0.15, -0.1) is 0 Å². The summed E-state index contributed by atoms with van der Waals surface area (Å²) in [7, 11) is 1.29. The fourth-order valence-corrected chi connectivity index (χ4v) is 2.03. The standard InChI is InChI=1S/C14H10N4O4/c1-22-11-2-6(9(19)3-10(11)20)12-7(4-15)13(17)18-14(21)8(12)5-16/h2-3,19-20H,1H3,(H3,17,18,21). The first-order valence-electron chi connectivity index (χ1n) is 5.90. The minimum absolute atomic E-state index is 0.000525. The van der Waals surface area contributed by atoms with Crippen LogP contribution in [0.15, 0.2) is 16.9 Å². The van der Waals surface area contributed by atoms with Crippen molar-refractivity contribution in [2.45, 2.75) is 0 Å². The second-order valence-electron chi connectivity index (χ2n) is 4.26. The topological polar surface area (TPSA) is 156 Å². The van der Waals surface area contributed by atoms with Gasteiger partial charge < -0.3 is 25.7 Å². The summed E-state index contributed by atoms with van der Waals surface area (Å²) in [5.74, 6) is -0.998. The van der Waals surface area contributed by atoms with Crippen molar-refractivity contribution in [1.29, 1.82) is 10.5 Å². The number of aromatic hydroxyl groups is 2. The molecule has 1 aromatic heterocycles. The number of nitrogens with zero attached hydrogens (tertiary/aromatic N) is 2. The first kappa shape index (κ1) is 14.8. The van der Waals surface area contributed by atoms with Crippen molar-refractivity contribution in [3.63, 3.8) is 0 Å². The molecule has 1 aromatic carbocycles. The maximum absolute atomic E-state index is 11.8. The number of aromatic amines is 1. The molecule has 0 radical (unpaired) electrons. The van der Waals surface area contributed by atoms with Crippen molar-refractivity contribution in [1.82, 2.24) is 4.98 Å². The normalized spacial score (nSPS) is 9.77.